The lowest BCUT2D eigenvalue weighted by molar-refractivity contribution is -0.151. The summed E-state index contributed by atoms with van der Waals surface area (Å²) in [6, 6.07) is 12.7. The summed E-state index contributed by atoms with van der Waals surface area (Å²) in [6.45, 7) is 2.92. The highest BCUT2D eigenvalue weighted by Crippen LogP contribution is 2.22. The molecule has 1 saturated heterocycles. The van der Waals surface area contributed by atoms with Crippen molar-refractivity contribution in [3.8, 4) is 5.75 Å². The van der Waals surface area contributed by atoms with E-state index in [9.17, 15) is 18.0 Å². The summed E-state index contributed by atoms with van der Waals surface area (Å²) in [7, 11) is -3.74. The summed E-state index contributed by atoms with van der Waals surface area (Å²) in [5.74, 6) is -0.163. The molecule has 0 bridgehead atoms. The second-order valence-electron chi connectivity index (χ2n) is 7.28. The van der Waals surface area contributed by atoms with Crippen LogP contribution < -0.4 is 9.46 Å². The smallest absolute Gasteiger partial charge is 0.309 e. The molecule has 0 spiro atoms. The fourth-order valence-corrected chi connectivity index (χ4v) is 4.63. The van der Waals surface area contributed by atoms with Crippen LogP contribution in [-0.4, -0.2) is 51.5 Å². The van der Waals surface area contributed by atoms with Crippen LogP contribution in [0.15, 0.2) is 57.9 Å². The first-order valence-corrected chi connectivity index (χ1v) is 12.5. The van der Waals surface area contributed by atoms with Crippen molar-refractivity contribution >= 4 is 43.5 Å². The lowest BCUT2D eigenvalue weighted by Crippen LogP contribution is -2.42. The maximum absolute atomic E-state index is 12.5. The van der Waals surface area contributed by atoms with Crippen LogP contribution in [0, 0.1) is 5.92 Å². The first-order valence-electron chi connectivity index (χ1n) is 10.2. The second-order valence-corrected chi connectivity index (χ2v) is 9.88. The number of rotatable bonds is 8. The topological polar surface area (TPSA) is 102 Å². The number of hydrogen-bond donors (Lipinski definition) is 1. The van der Waals surface area contributed by atoms with Crippen molar-refractivity contribution in [3.63, 3.8) is 0 Å². The Kier molecular flexibility index (Phi) is 8.14. The van der Waals surface area contributed by atoms with Gasteiger partial charge in [0.05, 0.1) is 17.4 Å². The fourth-order valence-electron chi connectivity index (χ4n) is 3.31. The molecule has 172 valence electrons. The molecular formula is C22H25BrN2O6S. The molecule has 32 heavy (non-hydrogen) atoms. The predicted octanol–water partition coefficient (Wildman–Crippen LogP) is 3.43. The third kappa shape index (κ3) is 6.46. The molecule has 8 nitrogen and oxygen atoms in total. The van der Waals surface area contributed by atoms with E-state index in [1.807, 2.05) is 0 Å². The van der Waals surface area contributed by atoms with Gasteiger partial charge in [0.15, 0.2) is 6.61 Å². The van der Waals surface area contributed by atoms with E-state index < -0.39 is 10.0 Å². The van der Waals surface area contributed by atoms with E-state index in [1.54, 1.807) is 36.1 Å². The number of ether oxygens (including phenoxy) is 2. The number of sulfonamides is 1. The summed E-state index contributed by atoms with van der Waals surface area (Å²) in [4.78, 5) is 25.9. The third-order valence-corrected chi connectivity index (χ3v) is 6.99. The number of hydrogen-bond acceptors (Lipinski definition) is 6. The van der Waals surface area contributed by atoms with Crippen molar-refractivity contribution < 1.29 is 27.5 Å². The minimum atomic E-state index is -3.74. The molecule has 1 aliphatic rings. The maximum atomic E-state index is 12.5. The number of likely N-dealkylation sites (tertiary alicyclic amines) is 1. The van der Waals surface area contributed by atoms with Crippen LogP contribution in [0.25, 0.3) is 0 Å². The summed E-state index contributed by atoms with van der Waals surface area (Å²) in [5.41, 5.74) is 0.450. The van der Waals surface area contributed by atoms with Gasteiger partial charge in [-0.05, 0) is 68.3 Å². The van der Waals surface area contributed by atoms with Crippen LogP contribution in [0.4, 0.5) is 5.69 Å². The second kappa shape index (κ2) is 10.8. The van der Waals surface area contributed by atoms with E-state index in [1.165, 1.54) is 24.3 Å². The Balaban J connectivity index is 1.50. The Bertz CT molecular complexity index is 1030. The highest BCUT2D eigenvalue weighted by Gasteiger charge is 2.28. The monoisotopic (exact) mass is 524 g/mol. The molecular weight excluding hydrogens is 500 g/mol. The number of esters is 1. The number of piperidine rings is 1. The van der Waals surface area contributed by atoms with Gasteiger partial charge in [-0.15, -0.1) is 0 Å². The summed E-state index contributed by atoms with van der Waals surface area (Å²) < 4.78 is 39.0. The van der Waals surface area contributed by atoms with Gasteiger partial charge in [0.1, 0.15) is 5.75 Å². The van der Waals surface area contributed by atoms with Crippen LogP contribution in [0.1, 0.15) is 19.8 Å². The molecule has 2 aromatic rings. The zero-order chi connectivity index (χ0) is 23.1. The Morgan fingerprint density at radius 3 is 2.28 bits per heavy atom. The standard InChI is InChI=1S/C22H25BrN2O6S/c1-2-30-22(27)16-11-13-25(14-12-16)21(26)15-31-19-7-9-20(10-8-19)32(28,29)24-18-5-3-17(23)4-6-18/h3-10,16,24H,2,11-15H2,1H3. The van der Waals surface area contributed by atoms with Crippen molar-refractivity contribution in [2.75, 3.05) is 31.0 Å². The number of carbonyl (C=O) groups is 2. The molecule has 1 heterocycles. The number of nitrogens with one attached hydrogen (secondary N) is 1. The highest BCUT2D eigenvalue weighted by atomic mass is 79.9. The van der Waals surface area contributed by atoms with Gasteiger partial charge in [-0.3, -0.25) is 14.3 Å². The zero-order valence-corrected chi connectivity index (χ0v) is 20.0. The summed E-state index contributed by atoms with van der Waals surface area (Å²) in [6.07, 6.45) is 1.14. The Morgan fingerprint density at radius 1 is 1.06 bits per heavy atom. The first kappa shape index (κ1) is 24.1. The first-order chi connectivity index (χ1) is 15.3. The van der Waals surface area contributed by atoms with Gasteiger partial charge in [0.2, 0.25) is 0 Å². The molecule has 1 aliphatic heterocycles. The Hall–Kier alpha value is -2.59. The van der Waals surface area contributed by atoms with Crippen molar-refractivity contribution in [1.29, 1.82) is 0 Å². The van der Waals surface area contributed by atoms with Crippen molar-refractivity contribution in [2.24, 2.45) is 5.92 Å². The van der Waals surface area contributed by atoms with Gasteiger partial charge >= 0.3 is 5.97 Å². The molecule has 0 aromatic heterocycles. The normalized spacial score (nSPS) is 14.6. The molecule has 0 saturated carbocycles. The highest BCUT2D eigenvalue weighted by molar-refractivity contribution is 9.10. The minimum absolute atomic E-state index is 0.0835. The molecule has 0 aliphatic carbocycles. The number of amides is 1. The molecule has 1 fully saturated rings. The van der Waals surface area contributed by atoms with E-state index in [2.05, 4.69) is 20.7 Å². The van der Waals surface area contributed by atoms with Gasteiger partial charge in [-0.25, -0.2) is 8.42 Å². The quantitative estimate of drug-likeness (QED) is 0.530. The number of nitrogens with zero attached hydrogens (tertiary/aromatic N) is 1. The maximum Gasteiger partial charge on any atom is 0.309 e. The molecule has 1 N–H and O–H groups in total. The van der Waals surface area contributed by atoms with Gasteiger partial charge < -0.3 is 14.4 Å². The van der Waals surface area contributed by atoms with Crippen molar-refractivity contribution in [1.82, 2.24) is 4.90 Å². The van der Waals surface area contributed by atoms with Gasteiger partial charge in [0.25, 0.3) is 15.9 Å². The van der Waals surface area contributed by atoms with Crippen molar-refractivity contribution in [3.05, 3.63) is 53.0 Å². The van der Waals surface area contributed by atoms with Gasteiger partial charge in [-0.2, -0.15) is 0 Å². The SMILES string of the molecule is CCOC(=O)C1CCN(C(=O)COc2ccc(S(=O)(=O)Nc3ccc(Br)cc3)cc2)CC1. The van der Waals surface area contributed by atoms with E-state index >= 15 is 0 Å². The number of anilines is 1. The summed E-state index contributed by atoms with van der Waals surface area (Å²) in [5, 5.41) is 0. The molecule has 1 amide bonds. The molecule has 3 rings (SSSR count). The minimum Gasteiger partial charge on any atom is -0.484 e. The Labute approximate surface area is 196 Å². The Morgan fingerprint density at radius 2 is 1.69 bits per heavy atom. The zero-order valence-electron chi connectivity index (χ0n) is 17.6. The van der Waals surface area contributed by atoms with Crippen LogP contribution in [0.2, 0.25) is 0 Å². The largest absolute Gasteiger partial charge is 0.484 e. The number of benzene rings is 2. The molecule has 0 unspecified atom stereocenters. The van der Waals surface area contributed by atoms with Gasteiger partial charge in [0, 0.05) is 23.2 Å². The van der Waals surface area contributed by atoms with Gasteiger partial charge in [-0.1, -0.05) is 15.9 Å². The molecule has 10 heteroatoms. The lowest BCUT2D eigenvalue weighted by atomic mass is 9.97. The molecule has 0 atom stereocenters. The fraction of sp³-hybridized carbons (Fsp3) is 0.364. The number of carbonyl (C=O) groups excluding carboxylic acids is 2. The molecule has 0 radical (unpaired) electrons. The molecule has 2 aromatic carbocycles. The number of halogens is 1. The van der Waals surface area contributed by atoms with Crippen LogP contribution in [0.3, 0.4) is 0 Å². The summed E-state index contributed by atoms with van der Waals surface area (Å²) >= 11 is 3.31. The van der Waals surface area contributed by atoms with E-state index in [0.29, 0.717) is 44.0 Å². The average Bonchev–Trinajstić information content (AvgIpc) is 2.79. The van der Waals surface area contributed by atoms with Crippen LogP contribution in [0.5, 0.6) is 5.75 Å². The van der Waals surface area contributed by atoms with E-state index in [-0.39, 0.29) is 29.3 Å². The lowest BCUT2D eigenvalue weighted by Gasteiger charge is -2.30. The predicted molar refractivity (Wildman–Crippen MR) is 123 cm³/mol. The van der Waals surface area contributed by atoms with Crippen LogP contribution >= 0.6 is 15.9 Å². The van der Waals surface area contributed by atoms with E-state index in [4.69, 9.17) is 9.47 Å². The van der Waals surface area contributed by atoms with Crippen LogP contribution in [-0.2, 0) is 24.3 Å². The third-order valence-electron chi connectivity index (χ3n) is 5.06. The van der Waals surface area contributed by atoms with Crippen molar-refractivity contribution in [2.45, 2.75) is 24.7 Å². The average molecular weight is 525 g/mol. The van der Waals surface area contributed by atoms with E-state index in [0.717, 1.165) is 4.47 Å².